The summed E-state index contributed by atoms with van der Waals surface area (Å²) in [5.41, 5.74) is 0.103. The topological polar surface area (TPSA) is 94.8 Å². The second-order valence-electron chi connectivity index (χ2n) is 4.52. The van der Waals surface area contributed by atoms with Crippen LogP contribution in [0.2, 0.25) is 5.02 Å². The summed E-state index contributed by atoms with van der Waals surface area (Å²) in [5.74, 6) is -0.746. The van der Waals surface area contributed by atoms with Crippen LogP contribution in [0.15, 0.2) is 46.1 Å². The molecule has 0 radical (unpaired) electrons. The quantitative estimate of drug-likeness (QED) is 0.683. The van der Waals surface area contributed by atoms with Crippen LogP contribution in [0.5, 0.6) is 0 Å². The van der Waals surface area contributed by atoms with Gasteiger partial charge < -0.3 is 9.97 Å². The molecule has 0 unspecified atom stereocenters. The molecule has 6 nitrogen and oxygen atoms in total. The van der Waals surface area contributed by atoms with Gasteiger partial charge in [-0.2, -0.15) is 0 Å². The number of fused-ring (bicyclic) bond motifs is 1. The van der Waals surface area contributed by atoms with E-state index in [9.17, 15) is 17.6 Å². The molecule has 0 saturated carbocycles. The number of anilines is 1. The van der Waals surface area contributed by atoms with Gasteiger partial charge >= 0.3 is 5.69 Å². The molecular formula is C13H9ClFN3O3S. The van der Waals surface area contributed by atoms with Gasteiger partial charge in [0.1, 0.15) is 5.82 Å². The number of benzene rings is 2. The minimum Gasteiger partial charge on any atom is -0.306 e. The molecule has 0 aliphatic rings. The van der Waals surface area contributed by atoms with Crippen molar-refractivity contribution in [2.75, 3.05) is 4.72 Å². The van der Waals surface area contributed by atoms with Crippen LogP contribution in [-0.4, -0.2) is 18.4 Å². The number of aromatic nitrogens is 2. The Bertz CT molecular complexity index is 1030. The van der Waals surface area contributed by atoms with E-state index in [1.54, 1.807) is 0 Å². The molecule has 2 aromatic carbocycles. The van der Waals surface area contributed by atoms with Crippen molar-refractivity contribution < 1.29 is 12.8 Å². The fourth-order valence-electron chi connectivity index (χ4n) is 1.96. The molecule has 0 aliphatic heterocycles. The lowest BCUT2D eigenvalue weighted by Crippen LogP contribution is -2.14. The molecule has 1 aromatic heterocycles. The van der Waals surface area contributed by atoms with Gasteiger partial charge in [0.05, 0.1) is 21.6 Å². The molecule has 3 N–H and O–H groups in total. The highest BCUT2D eigenvalue weighted by Crippen LogP contribution is 2.23. The third-order valence-electron chi connectivity index (χ3n) is 2.97. The summed E-state index contributed by atoms with van der Waals surface area (Å²) < 4.78 is 40.3. The van der Waals surface area contributed by atoms with Gasteiger partial charge in [-0.25, -0.2) is 17.6 Å². The standard InChI is InChI=1S/C13H9ClFN3O3S/c14-7-1-3-9(15)11(5-7)18-22(20,21)8-2-4-10-12(6-8)17-13(19)16-10/h1-6,18H,(H2,16,17,19). The second-order valence-corrected chi connectivity index (χ2v) is 6.64. The number of rotatable bonds is 3. The van der Waals surface area contributed by atoms with Crippen molar-refractivity contribution in [3.63, 3.8) is 0 Å². The highest BCUT2D eigenvalue weighted by molar-refractivity contribution is 7.92. The van der Waals surface area contributed by atoms with Gasteiger partial charge in [-0.3, -0.25) is 4.72 Å². The van der Waals surface area contributed by atoms with Gasteiger partial charge in [0, 0.05) is 5.02 Å². The number of imidazole rings is 1. The van der Waals surface area contributed by atoms with Gasteiger partial charge in [-0.15, -0.1) is 0 Å². The first-order chi connectivity index (χ1) is 10.3. The molecule has 1 heterocycles. The summed E-state index contributed by atoms with van der Waals surface area (Å²) in [5, 5.41) is 0.199. The Morgan fingerprint density at radius 1 is 1.05 bits per heavy atom. The van der Waals surface area contributed by atoms with Gasteiger partial charge in [0.15, 0.2) is 0 Å². The second kappa shape index (κ2) is 5.15. The Hall–Kier alpha value is -2.32. The van der Waals surface area contributed by atoms with Crippen LogP contribution in [0.3, 0.4) is 0 Å². The number of hydrogen-bond donors (Lipinski definition) is 3. The zero-order valence-electron chi connectivity index (χ0n) is 10.9. The Morgan fingerprint density at radius 3 is 2.55 bits per heavy atom. The van der Waals surface area contributed by atoms with E-state index >= 15 is 0 Å². The smallest absolute Gasteiger partial charge is 0.306 e. The first kappa shape index (κ1) is 14.6. The molecule has 22 heavy (non-hydrogen) atoms. The Labute approximate surface area is 129 Å². The van der Waals surface area contributed by atoms with Crippen LogP contribution in [0.4, 0.5) is 10.1 Å². The third kappa shape index (κ3) is 2.70. The van der Waals surface area contributed by atoms with Crippen molar-refractivity contribution in [3.05, 3.63) is 57.7 Å². The molecule has 0 atom stereocenters. The van der Waals surface area contributed by atoms with E-state index in [0.29, 0.717) is 11.0 Å². The van der Waals surface area contributed by atoms with Crippen molar-refractivity contribution in [1.29, 1.82) is 0 Å². The largest absolute Gasteiger partial charge is 0.323 e. The zero-order chi connectivity index (χ0) is 15.9. The summed E-state index contributed by atoms with van der Waals surface area (Å²) in [6.45, 7) is 0. The Morgan fingerprint density at radius 2 is 1.77 bits per heavy atom. The van der Waals surface area contributed by atoms with Crippen molar-refractivity contribution in [3.8, 4) is 0 Å². The zero-order valence-corrected chi connectivity index (χ0v) is 12.4. The van der Waals surface area contributed by atoms with E-state index in [0.717, 1.165) is 6.07 Å². The minimum atomic E-state index is -4.02. The predicted molar refractivity (Wildman–Crippen MR) is 81.1 cm³/mol. The lowest BCUT2D eigenvalue weighted by Gasteiger charge is -2.09. The molecular weight excluding hydrogens is 333 g/mol. The molecule has 0 spiro atoms. The molecule has 9 heteroatoms. The fourth-order valence-corrected chi connectivity index (χ4v) is 3.21. The molecule has 3 rings (SSSR count). The highest BCUT2D eigenvalue weighted by Gasteiger charge is 2.17. The maximum Gasteiger partial charge on any atom is 0.323 e. The summed E-state index contributed by atoms with van der Waals surface area (Å²) >= 11 is 5.73. The molecule has 0 aliphatic carbocycles. The monoisotopic (exact) mass is 341 g/mol. The van der Waals surface area contributed by atoms with Crippen LogP contribution in [0, 0.1) is 5.82 Å². The van der Waals surface area contributed by atoms with Gasteiger partial charge in [0.2, 0.25) is 0 Å². The van der Waals surface area contributed by atoms with Crippen molar-refractivity contribution >= 4 is 38.3 Å². The van der Waals surface area contributed by atoms with E-state index < -0.39 is 21.5 Å². The van der Waals surface area contributed by atoms with Crippen molar-refractivity contribution in [2.45, 2.75) is 4.90 Å². The minimum absolute atomic E-state index is 0.116. The maximum absolute atomic E-state index is 13.6. The van der Waals surface area contributed by atoms with E-state index in [2.05, 4.69) is 14.7 Å². The Kier molecular flexibility index (Phi) is 3.42. The summed E-state index contributed by atoms with van der Waals surface area (Å²) in [7, 11) is -4.02. The van der Waals surface area contributed by atoms with Gasteiger partial charge in [-0.05, 0) is 36.4 Å². The molecule has 114 valence electrons. The number of nitrogens with one attached hydrogen (secondary N) is 3. The van der Waals surface area contributed by atoms with E-state index in [4.69, 9.17) is 11.6 Å². The number of hydrogen-bond acceptors (Lipinski definition) is 3. The lowest BCUT2D eigenvalue weighted by molar-refractivity contribution is 0.598. The predicted octanol–water partition coefficient (Wildman–Crippen LogP) is 2.45. The number of H-pyrrole nitrogens is 2. The van der Waals surface area contributed by atoms with E-state index in [-0.39, 0.29) is 15.6 Å². The first-order valence-corrected chi connectivity index (χ1v) is 7.91. The molecule has 3 aromatic rings. The summed E-state index contributed by atoms with van der Waals surface area (Å²) in [6.07, 6.45) is 0. The summed E-state index contributed by atoms with van der Waals surface area (Å²) in [4.78, 5) is 16.0. The van der Waals surface area contributed by atoms with Gasteiger partial charge in [0.25, 0.3) is 10.0 Å². The molecule has 0 amide bonds. The van der Waals surface area contributed by atoms with Crippen molar-refractivity contribution in [2.24, 2.45) is 0 Å². The SMILES string of the molecule is O=c1[nH]c2ccc(S(=O)(=O)Nc3cc(Cl)ccc3F)cc2[nH]1. The van der Waals surface area contributed by atoms with Crippen LogP contribution < -0.4 is 10.4 Å². The van der Waals surface area contributed by atoms with Gasteiger partial charge in [-0.1, -0.05) is 11.6 Å². The van der Waals surface area contributed by atoms with E-state index in [1.165, 1.54) is 30.3 Å². The van der Waals surface area contributed by atoms with Crippen LogP contribution >= 0.6 is 11.6 Å². The Balaban J connectivity index is 2.03. The van der Waals surface area contributed by atoms with Crippen LogP contribution in [-0.2, 0) is 10.0 Å². The average molecular weight is 342 g/mol. The first-order valence-electron chi connectivity index (χ1n) is 6.05. The third-order valence-corrected chi connectivity index (χ3v) is 4.57. The molecule has 0 bridgehead atoms. The van der Waals surface area contributed by atoms with E-state index in [1.807, 2.05) is 0 Å². The number of sulfonamides is 1. The highest BCUT2D eigenvalue weighted by atomic mass is 35.5. The summed E-state index contributed by atoms with van der Waals surface area (Å²) in [6, 6.07) is 7.56. The number of aromatic amines is 2. The average Bonchev–Trinajstić information content (AvgIpc) is 2.81. The fraction of sp³-hybridized carbons (Fsp3) is 0. The maximum atomic E-state index is 13.6. The van der Waals surface area contributed by atoms with Crippen LogP contribution in [0.25, 0.3) is 11.0 Å². The molecule has 0 fully saturated rings. The number of halogens is 2. The lowest BCUT2D eigenvalue weighted by atomic mass is 10.3. The normalized spacial score (nSPS) is 11.7. The van der Waals surface area contributed by atoms with Crippen molar-refractivity contribution in [1.82, 2.24) is 9.97 Å². The molecule has 0 saturated heterocycles. The van der Waals surface area contributed by atoms with Crippen LogP contribution in [0.1, 0.15) is 0 Å².